The van der Waals surface area contributed by atoms with Crippen LogP contribution in [0.15, 0.2) is 60.8 Å². The van der Waals surface area contributed by atoms with Gasteiger partial charge >= 0.3 is 0 Å². The summed E-state index contributed by atoms with van der Waals surface area (Å²) in [6, 6.07) is 15.7. The molecule has 1 aliphatic heterocycles. The largest absolute Gasteiger partial charge is 0.494 e. The third-order valence-corrected chi connectivity index (χ3v) is 6.42. The maximum atomic E-state index is 13.5. The van der Waals surface area contributed by atoms with Crippen molar-refractivity contribution in [2.75, 3.05) is 16.8 Å². The highest BCUT2D eigenvalue weighted by Crippen LogP contribution is 2.29. The molecule has 0 radical (unpaired) electrons. The van der Waals surface area contributed by atoms with E-state index in [0.29, 0.717) is 29.6 Å². The van der Waals surface area contributed by atoms with Gasteiger partial charge in [0.25, 0.3) is 5.91 Å². The van der Waals surface area contributed by atoms with Crippen molar-refractivity contribution >= 4 is 40.5 Å². The minimum Gasteiger partial charge on any atom is -0.494 e. The molecular formula is C26H29N5O3S. The molecular weight excluding hydrogens is 462 g/mol. The molecule has 0 unspecified atom stereocenters. The second-order valence-corrected chi connectivity index (χ2v) is 8.80. The maximum Gasteiger partial charge on any atom is 0.256 e. The first-order valence-corrected chi connectivity index (χ1v) is 12.0. The van der Waals surface area contributed by atoms with E-state index in [1.165, 1.54) is 4.90 Å². The molecule has 3 aromatic rings. The van der Waals surface area contributed by atoms with Gasteiger partial charge in [0.2, 0.25) is 5.91 Å². The molecule has 2 amide bonds. The molecule has 8 nitrogen and oxygen atoms in total. The summed E-state index contributed by atoms with van der Waals surface area (Å²) in [6.07, 6.45) is 2.66. The van der Waals surface area contributed by atoms with Gasteiger partial charge in [-0.3, -0.25) is 19.2 Å². The lowest BCUT2D eigenvalue weighted by Gasteiger charge is -2.23. The molecule has 2 heterocycles. The average Bonchev–Trinajstić information content (AvgIpc) is 3.29. The average molecular weight is 492 g/mol. The van der Waals surface area contributed by atoms with Crippen LogP contribution in [0.5, 0.6) is 5.75 Å². The Bertz CT molecular complexity index is 1210. The molecule has 1 saturated heterocycles. The Morgan fingerprint density at radius 2 is 1.86 bits per heavy atom. The number of hydrogen-bond donors (Lipinski definition) is 1. The number of nitrogens with zero attached hydrogens (tertiary/aromatic N) is 4. The summed E-state index contributed by atoms with van der Waals surface area (Å²) in [6.45, 7) is 5.03. The van der Waals surface area contributed by atoms with Crippen molar-refractivity contribution in [3.63, 3.8) is 0 Å². The van der Waals surface area contributed by atoms with E-state index in [0.717, 1.165) is 23.4 Å². The number of carbonyl (C=O) groups is 2. The topological polar surface area (TPSA) is 79.7 Å². The lowest BCUT2D eigenvalue weighted by Crippen LogP contribution is -2.37. The Balaban J connectivity index is 1.53. The van der Waals surface area contributed by atoms with Gasteiger partial charge in [-0.15, -0.1) is 0 Å². The summed E-state index contributed by atoms with van der Waals surface area (Å²) in [4.78, 5) is 29.8. The van der Waals surface area contributed by atoms with Crippen LogP contribution in [0.25, 0.3) is 0 Å². The van der Waals surface area contributed by atoms with E-state index in [4.69, 9.17) is 17.0 Å². The van der Waals surface area contributed by atoms with Gasteiger partial charge in [-0.1, -0.05) is 25.1 Å². The predicted octanol–water partition coefficient (Wildman–Crippen LogP) is 4.05. The van der Waals surface area contributed by atoms with E-state index in [2.05, 4.69) is 10.4 Å². The molecule has 0 aliphatic carbocycles. The molecule has 182 valence electrons. The highest BCUT2D eigenvalue weighted by molar-refractivity contribution is 7.80. The van der Waals surface area contributed by atoms with Crippen LogP contribution in [0.4, 0.5) is 11.4 Å². The molecule has 1 fully saturated rings. The fourth-order valence-corrected chi connectivity index (χ4v) is 4.34. The van der Waals surface area contributed by atoms with Crippen LogP contribution in [0.2, 0.25) is 0 Å². The Kier molecular flexibility index (Phi) is 7.45. The number of thiocarbonyl (C=S) groups is 1. The first kappa shape index (κ1) is 24.4. The molecule has 9 heteroatoms. The van der Waals surface area contributed by atoms with Crippen LogP contribution in [-0.4, -0.2) is 44.3 Å². The number of anilines is 2. The summed E-state index contributed by atoms with van der Waals surface area (Å²) < 4.78 is 7.37. The van der Waals surface area contributed by atoms with E-state index in [-0.39, 0.29) is 18.2 Å². The summed E-state index contributed by atoms with van der Waals surface area (Å²) in [5.41, 5.74) is 3.25. The highest BCUT2D eigenvalue weighted by atomic mass is 32.1. The normalized spacial score (nSPS) is 15.6. The highest BCUT2D eigenvalue weighted by Gasteiger charge is 2.44. The van der Waals surface area contributed by atoms with Crippen molar-refractivity contribution in [3.8, 4) is 5.75 Å². The Labute approximate surface area is 210 Å². The minimum atomic E-state index is -0.727. The van der Waals surface area contributed by atoms with Crippen molar-refractivity contribution < 1.29 is 14.3 Å². The summed E-state index contributed by atoms with van der Waals surface area (Å²) >= 11 is 5.74. The number of nitrogens with one attached hydrogen (secondary N) is 1. The van der Waals surface area contributed by atoms with Gasteiger partial charge in [0.05, 0.1) is 24.9 Å². The van der Waals surface area contributed by atoms with Crippen LogP contribution in [-0.2, 0) is 23.2 Å². The number of amides is 2. The lowest BCUT2D eigenvalue weighted by molar-refractivity contribution is -0.124. The van der Waals surface area contributed by atoms with Crippen molar-refractivity contribution in [2.45, 2.75) is 39.3 Å². The van der Waals surface area contributed by atoms with Crippen LogP contribution in [0.3, 0.4) is 0 Å². The van der Waals surface area contributed by atoms with Crippen molar-refractivity contribution in [1.29, 1.82) is 0 Å². The number of ether oxygens (including phenoxy) is 1. The maximum absolute atomic E-state index is 13.5. The van der Waals surface area contributed by atoms with E-state index in [9.17, 15) is 9.59 Å². The molecule has 0 bridgehead atoms. The zero-order valence-electron chi connectivity index (χ0n) is 20.1. The van der Waals surface area contributed by atoms with E-state index in [1.54, 1.807) is 23.0 Å². The number of hydrogen-bond acceptors (Lipinski definition) is 5. The Morgan fingerprint density at radius 1 is 1.14 bits per heavy atom. The van der Waals surface area contributed by atoms with Gasteiger partial charge in [-0.05, 0) is 62.0 Å². The quantitative estimate of drug-likeness (QED) is 0.455. The van der Waals surface area contributed by atoms with Gasteiger partial charge < -0.3 is 15.0 Å². The van der Waals surface area contributed by atoms with Gasteiger partial charge in [0.15, 0.2) is 5.11 Å². The van der Waals surface area contributed by atoms with Gasteiger partial charge in [-0.2, -0.15) is 5.10 Å². The lowest BCUT2D eigenvalue weighted by atomic mass is 10.1. The standard InChI is InChI=1S/C26H29N5O3S/c1-4-14-34-22-12-10-20(11-13-22)28-24(32)15-23-25(33)31(21-8-6-5-7-9-21)26(35)30(23)17-19-16-27-29(3)18(19)2/h5-13,16,23H,4,14-15,17H2,1-3H3,(H,28,32)/t23-/m1/s1. The number of aromatic nitrogens is 2. The number of benzene rings is 2. The van der Waals surface area contributed by atoms with Gasteiger partial charge in [0.1, 0.15) is 11.8 Å². The molecule has 1 atom stereocenters. The summed E-state index contributed by atoms with van der Waals surface area (Å²) in [5.74, 6) is 0.259. The zero-order chi connectivity index (χ0) is 24.9. The predicted molar refractivity (Wildman–Crippen MR) is 139 cm³/mol. The van der Waals surface area contributed by atoms with E-state index in [1.807, 2.05) is 68.3 Å². The molecule has 1 aliphatic rings. The molecule has 4 rings (SSSR count). The fourth-order valence-electron chi connectivity index (χ4n) is 3.95. The first-order chi connectivity index (χ1) is 16.9. The summed E-state index contributed by atoms with van der Waals surface area (Å²) in [5, 5.41) is 7.57. The Morgan fingerprint density at radius 3 is 2.49 bits per heavy atom. The first-order valence-electron chi connectivity index (χ1n) is 11.6. The molecule has 0 spiro atoms. The third kappa shape index (κ3) is 5.35. The molecule has 1 aromatic heterocycles. The SMILES string of the molecule is CCCOc1ccc(NC(=O)C[C@@H]2C(=O)N(c3ccccc3)C(=S)N2Cc2cnn(C)c2C)cc1. The second-order valence-electron chi connectivity index (χ2n) is 8.44. The zero-order valence-corrected chi connectivity index (χ0v) is 20.9. The van der Waals surface area contributed by atoms with Crippen LogP contribution in [0.1, 0.15) is 31.0 Å². The minimum absolute atomic E-state index is 0.0320. The van der Waals surface area contributed by atoms with Crippen molar-refractivity contribution in [3.05, 3.63) is 72.1 Å². The van der Waals surface area contributed by atoms with Crippen LogP contribution in [0, 0.1) is 6.92 Å². The third-order valence-electron chi connectivity index (χ3n) is 6.00. The molecule has 2 aromatic carbocycles. The van der Waals surface area contributed by atoms with Crippen molar-refractivity contribution in [2.24, 2.45) is 7.05 Å². The molecule has 35 heavy (non-hydrogen) atoms. The number of carbonyl (C=O) groups excluding carboxylic acids is 2. The van der Waals surface area contributed by atoms with Crippen LogP contribution < -0.4 is 15.0 Å². The van der Waals surface area contributed by atoms with Gasteiger partial charge in [-0.25, -0.2) is 0 Å². The fraction of sp³-hybridized carbons (Fsp3) is 0.308. The van der Waals surface area contributed by atoms with E-state index >= 15 is 0 Å². The molecule has 0 saturated carbocycles. The number of para-hydroxylation sites is 1. The monoisotopic (exact) mass is 491 g/mol. The van der Waals surface area contributed by atoms with Crippen molar-refractivity contribution in [1.82, 2.24) is 14.7 Å². The second kappa shape index (κ2) is 10.7. The summed E-state index contributed by atoms with van der Waals surface area (Å²) in [7, 11) is 1.87. The Hall–Kier alpha value is -3.72. The van der Waals surface area contributed by atoms with E-state index < -0.39 is 6.04 Å². The van der Waals surface area contributed by atoms with Gasteiger partial charge in [0, 0.05) is 30.5 Å². The smallest absolute Gasteiger partial charge is 0.256 e. The molecule has 1 N–H and O–H groups in total. The number of rotatable bonds is 9. The van der Waals surface area contributed by atoms with Crippen LogP contribution >= 0.6 is 12.2 Å². The number of aryl methyl sites for hydroxylation is 1.